The highest BCUT2D eigenvalue weighted by Gasteiger charge is 2.14. The lowest BCUT2D eigenvalue weighted by atomic mass is 10.00. The number of carbonyl (C=O) groups excluding carboxylic acids is 1. The van der Waals surface area contributed by atoms with E-state index in [2.05, 4.69) is 21.2 Å². The Morgan fingerprint density at radius 1 is 1.25 bits per heavy atom. The second-order valence-electron chi connectivity index (χ2n) is 5.43. The first kappa shape index (κ1) is 18.4. The molecule has 0 radical (unpaired) electrons. The third-order valence-electron chi connectivity index (χ3n) is 3.52. The predicted octanol–water partition coefficient (Wildman–Crippen LogP) is 3.67. The summed E-state index contributed by atoms with van der Waals surface area (Å²) in [5.74, 6) is -0.624. The Labute approximate surface area is 148 Å². The van der Waals surface area contributed by atoms with Gasteiger partial charge in [0.25, 0.3) is 0 Å². The molecule has 6 heteroatoms. The number of benzene rings is 2. The highest BCUT2D eigenvalue weighted by molar-refractivity contribution is 9.10. The van der Waals surface area contributed by atoms with Gasteiger partial charge in [-0.15, -0.1) is 0 Å². The number of aliphatic hydroxyl groups is 1. The molecular formula is C18H19BrFNO3. The van der Waals surface area contributed by atoms with Crippen LogP contribution in [0, 0.1) is 11.7 Å². The molecule has 0 heterocycles. The van der Waals surface area contributed by atoms with E-state index in [-0.39, 0.29) is 31.5 Å². The summed E-state index contributed by atoms with van der Waals surface area (Å²) in [5.41, 5.74) is 1.38. The summed E-state index contributed by atoms with van der Waals surface area (Å²) in [7, 11) is 0. The smallest absolute Gasteiger partial charge is 0.407 e. The quantitative estimate of drug-likeness (QED) is 0.751. The molecule has 2 aromatic rings. The van der Waals surface area contributed by atoms with E-state index < -0.39 is 6.09 Å². The van der Waals surface area contributed by atoms with E-state index >= 15 is 0 Å². The van der Waals surface area contributed by atoms with E-state index in [0.29, 0.717) is 12.0 Å². The van der Waals surface area contributed by atoms with E-state index in [1.807, 2.05) is 30.3 Å². The molecule has 0 saturated carbocycles. The van der Waals surface area contributed by atoms with Gasteiger partial charge in [-0.1, -0.05) is 46.3 Å². The van der Waals surface area contributed by atoms with Crippen LogP contribution in [0.3, 0.4) is 0 Å². The van der Waals surface area contributed by atoms with Gasteiger partial charge in [0.2, 0.25) is 0 Å². The third kappa shape index (κ3) is 5.94. The van der Waals surface area contributed by atoms with E-state index in [1.165, 1.54) is 6.07 Å². The number of alkyl carbamates (subject to hydrolysis) is 1. The lowest BCUT2D eigenvalue weighted by Crippen LogP contribution is -2.32. The van der Waals surface area contributed by atoms with Gasteiger partial charge in [0, 0.05) is 23.5 Å². The summed E-state index contributed by atoms with van der Waals surface area (Å²) in [5, 5.41) is 12.0. The van der Waals surface area contributed by atoms with Gasteiger partial charge in [-0.25, -0.2) is 9.18 Å². The molecule has 0 aliphatic carbocycles. The van der Waals surface area contributed by atoms with E-state index in [0.717, 1.165) is 10.0 Å². The first-order chi connectivity index (χ1) is 11.6. The Hall–Kier alpha value is -1.92. The zero-order valence-electron chi connectivity index (χ0n) is 13.0. The number of ether oxygens (including phenoxy) is 1. The number of hydrogen-bond donors (Lipinski definition) is 2. The van der Waals surface area contributed by atoms with Gasteiger partial charge >= 0.3 is 6.09 Å². The Kier molecular flexibility index (Phi) is 7.21. The molecular weight excluding hydrogens is 377 g/mol. The van der Waals surface area contributed by atoms with Crippen LogP contribution in [0.1, 0.15) is 11.1 Å². The molecule has 1 unspecified atom stereocenters. The molecule has 24 heavy (non-hydrogen) atoms. The standard InChI is InChI=1S/C18H19BrFNO3/c19-16-6-7-17(20)15(9-16)8-14(11-22)10-21-18(23)24-12-13-4-2-1-3-5-13/h1-7,9,14,22H,8,10-12H2,(H,21,23). The van der Waals surface area contributed by atoms with Crippen molar-refractivity contribution in [3.63, 3.8) is 0 Å². The minimum Gasteiger partial charge on any atom is -0.445 e. The van der Waals surface area contributed by atoms with Crippen LogP contribution in [0.15, 0.2) is 53.0 Å². The van der Waals surface area contributed by atoms with Gasteiger partial charge in [0.05, 0.1) is 0 Å². The lowest BCUT2D eigenvalue weighted by molar-refractivity contribution is 0.135. The minimum absolute atomic E-state index is 0.162. The van der Waals surface area contributed by atoms with Crippen LogP contribution < -0.4 is 5.32 Å². The molecule has 0 saturated heterocycles. The van der Waals surface area contributed by atoms with Crippen LogP contribution in [0.5, 0.6) is 0 Å². The van der Waals surface area contributed by atoms with Crippen molar-refractivity contribution in [1.29, 1.82) is 0 Å². The molecule has 1 amide bonds. The summed E-state index contributed by atoms with van der Waals surface area (Å²) in [6.45, 7) is 0.220. The van der Waals surface area contributed by atoms with Crippen molar-refractivity contribution in [3.05, 3.63) is 69.9 Å². The van der Waals surface area contributed by atoms with Gasteiger partial charge in [-0.05, 0) is 35.7 Å². The topological polar surface area (TPSA) is 58.6 Å². The lowest BCUT2D eigenvalue weighted by Gasteiger charge is -2.16. The van der Waals surface area contributed by atoms with Crippen molar-refractivity contribution in [3.8, 4) is 0 Å². The summed E-state index contributed by atoms with van der Waals surface area (Å²) in [6, 6.07) is 14.0. The maximum atomic E-state index is 13.8. The second kappa shape index (κ2) is 9.39. The van der Waals surface area contributed by atoms with E-state index in [4.69, 9.17) is 4.74 Å². The van der Waals surface area contributed by atoms with E-state index in [9.17, 15) is 14.3 Å². The Morgan fingerprint density at radius 3 is 2.71 bits per heavy atom. The fraction of sp³-hybridized carbons (Fsp3) is 0.278. The van der Waals surface area contributed by atoms with Gasteiger partial charge < -0.3 is 15.2 Å². The number of rotatable bonds is 7. The number of aliphatic hydroxyl groups excluding tert-OH is 1. The van der Waals surface area contributed by atoms with Crippen LogP contribution in [-0.2, 0) is 17.8 Å². The molecule has 0 aliphatic heterocycles. The van der Waals surface area contributed by atoms with Crippen molar-refractivity contribution in [2.24, 2.45) is 5.92 Å². The molecule has 128 valence electrons. The number of amides is 1. The van der Waals surface area contributed by atoms with Crippen molar-refractivity contribution >= 4 is 22.0 Å². The second-order valence-corrected chi connectivity index (χ2v) is 6.35. The van der Waals surface area contributed by atoms with Gasteiger partial charge in [-0.3, -0.25) is 0 Å². The molecule has 2 rings (SSSR count). The van der Waals surface area contributed by atoms with Crippen molar-refractivity contribution in [2.75, 3.05) is 13.2 Å². The summed E-state index contributed by atoms with van der Waals surface area (Å²) >= 11 is 3.29. The average Bonchev–Trinajstić information content (AvgIpc) is 2.60. The first-order valence-corrected chi connectivity index (χ1v) is 8.37. The highest BCUT2D eigenvalue weighted by Crippen LogP contribution is 2.18. The number of hydrogen-bond acceptors (Lipinski definition) is 3. The number of halogens is 2. The molecule has 0 bridgehead atoms. The molecule has 4 nitrogen and oxygen atoms in total. The SMILES string of the molecule is O=C(NCC(CO)Cc1cc(Br)ccc1F)OCc1ccccc1. The monoisotopic (exact) mass is 395 g/mol. The zero-order chi connectivity index (χ0) is 17.4. The average molecular weight is 396 g/mol. The molecule has 0 aromatic heterocycles. The Morgan fingerprint density at radius 2 is 2.00 bits per heavy atom. The van der Waals surface area contributed by atoms with E-state index in [1.54, 1.807) is 12.1 Å². The Balaban J connectivity index is 1.80. The normalized spacial score (nSPS) is 11.8. The molecule has 0 fully saturated rings. The first-order valence-electron chi connectivity index (χ1n) is 7.58. The van der Waals surface area contributed by atoms with Crippen molar-refractivity contribution < 1.29 is 19.0 Å². The zero-order valence-corrected chi connectivity index (χ0v) is 14.6. The fourth-order valence-corrected chi connectivity index (χ4v) is 2.62. The largest absolute Gasteiger partial charge is 0.445 e. The summed E-state index contributed by atoms with van der Waals surface area (Å²) < 4.78 is 19.6. The summed E-state index contributed by atoms with van der Waals surface area (Å²) in [4.78, 5) is 11.7. The van der Waals surface area contributed by atoms with Gasteiger partial charge in [0.15, 0.2) is 0 Å². The fourth-order valence-electron chi connectivity index (χ4n) is 2.21. The van der Waals surface area contributed by atoms with Crippen LogP contribution in [0.25, 0.3) is 0 Å². The summed E-state index contributed by atoms with van der Waals surface area (Å²) in [6.07, 6.45) is -0.243. The van der Waals surface area contributed by atoms with Crippen molar-refractivity contribution in [2.45, 2.75) is 13.0 Å². The molecule has 2 aromatic carbocycles. The maximum absolute atomic E-state index is 13.8. The van der Waals surface area contributed by atoms with Crippen LogP contribution in [-0.4, -0.2) is 24.4 Å². The molecule has 2 N–H and O–H groups in total. The third-order valence-corrected chi connectivity index (χ3v) is 4.02. The predicted molar refractivity (Wildman–Crippen MR) is 93.0 cm³/mol. The van der Waals surface area contributed by atoms with Crippen LogP contribution >= 0.6 is 15.9 Å². The molecule has 1 atom stereocenters. The van der Waals surface area contributed by atoms with Crippen molar-refractivity contribution in [1.82, 2.24) is 5.32 Å². The highest BCUT2D eigenvalue weighted by atomic mass is 79.9. The van der Waals surface area contributed by atoms with Crippen LogP contribution in [0.4, 0.5) is 9.18 Å². The van der Waals surface area contributed by atoms with Crippen LogP contribution in [0.2, 0.25) is 0 Å². The Bertz CT molecular complexity index is 667. The van der Waals surface area contributed by atoms with Gasteiger partial charge in [0.1, 0.15) is 12.4 Å². The van der Waals surface area contributed by atoms with Gasteiger partial charge in [-0.2, -0.15) is 0 Å². The molecule has 0 aliphatic rings. The number of carbonyl (C=O) groups is 1. The maximum Gasteiger partial charge on any atom is 0.407 e. The molecule has 0 spiro atoms. The number of nitrogens with one attached hydrogen (secondary N) is 1. The minimum atomic E-state index is -0.563.